The Morgan fingerprint density at radius 2 is 2.00 bits per heavy atom. The van der Waals surface area contributed by atoms with E-state index in [1.54, 1.807) is 0 Å². The highest BCUT2D eigenvalue weighted by Gasteiger charge is 2.34. The van der Waals surface area contributed by atoms with Crippen LogP contribution < -0.4 is 0 Å². The summed E-state index contributed by atoms with van der Waals surface area (Å²) in [5.41, 5.74) is 5.21. The van der Waals surface area contributed by atoms with Crippen molar-refractivity contribution in [2.75, 3.05) is 32.7 Å². The highest BCUT2D eigenvalue weighted by Crippen LogP contribution is 2.35. The third-order valence-electron chi connectivity index (χ3n) is 7.58. The number of aromatic nitrogens is 5. The number of hydrogen-bond donors (Lipinski definition) is 0. The zero-order chi connectivity index (χ0) is 24.6. The van der Waals surface area contributed by atoms with Gasteiger partial charge in [0.05, 0.1) is 11.5 Å². The van der Waals surface area contributed by atoms with Crippen LogP contribution in [-0.2, 0) is 28.8 Å². The number of amides is 1. The number of pyridine rings is 1. The van der Waals surface area contributed by atoms with E-state index in [0.717, 1.165) is 75.1 Å². The zero-order valence-electron chi connectivity index (χ0n) is 20.3. The summed E-state index contributed by atoms with van der Waals surface area (Å²) in [6.45, 7) is 6.11. The molecule has 6 rings (SSSR count). The first kappa shape index (κ1) is 22.8. The van der Waals surface area contributed by atoms with Gasteiger partial charge >= 0.3 is 5.97 Å². The number of benzene rings is 1. The summed E-state index contributed by atoms with van der Waals surface area (Å²) in [5, 5.41) is 11.2. The SMILES string of the molecule is CC1Cc2cc(CCN3CCN(C(=O)C4CCc5cc(-n6cnnn6)ncc54)CC3)ccc2C(=O)O1. The molecule has 2 aliphatic heterocycles. The van der Waals surface area contributed by atoms with Crippen LogP contribution in [0, 0.1) is 0 Å². The molecule has 1 amide bonds. The second-order valence-corrected chi connectivity index (χ2v) is 9.92. The molecule has 0 bridgehead atoms. The van der Waals surface area contributed by atoms with E-state index < -0.39 is 0 Å². The van der Waals surface area contributed by atoms with Gasteiger partial charge in [0, 0.05) is 45.3 Å². The van der Waals surface area contributed by atoms with Crippen molar-refractivity contribution in [3.8, 4) is 5.82 Å². The summed E-state index contributed by atoms with van der Waals surface area (Å²) in [4.78, 5) is 34.3. The normalized spacial score (nSPS) is 21.7. The number of nitrogens with zero attached hydrogens (tertiary/aromatic N) is 7. The molecule has 1 aliphatic carbocycles. The first-order valence-corrected chi connectivity index (χ1v) is 12.6. The van der Waals surface area contributed by atoms with Gasteiger partial charge in [-0.15, -0.1) is 5.10 Å². The van der Waals surface area contributed by atoms with Crippen LogP contribution in [-0.4, -0.2) is 85.7 Å². The molecule has 0 spiro atoms. The third-order valence-corrected chi connectivity index (χ3v) is 7.58. The largest absolute Gasteiger partial charge is 0.459 e. The molecule has 10 nitrogen and oxygen atoms in total. The highest BCUT2D eigenvalue weighted by molar-refractivity contribution is 5.92. The minimum Gasteiger partial charge on any atom is -0.459 e. The lowest BCUT2D eigenvalue weighted by Gasteiger charge is -2.36. The monoisotopic (exact) mass is 487 g/mol. The minimum atomic E-state index is -0.218. The number of aryl methyl sites for hydroxylation is 1. The fourth-order valence-electron chi connectivity index (χ4n) is 5.60. The van der Waals surface area contributed by atoms with Gasteiger partial charge in [0.2, 0.25) is 5.91 Å². The summed E-state index contributed by atoms with van der Waals surface area (Å²) in [7, 11) is 0. The fraction of sp³-hybridized carbons (Fsp3) is 0.462. The van der Waals surface area contributed by atoms with Gasteiger partial charge < -0.3 is 9.64 Å². The van der Waals surface area contributed by atoms with Crippen molar-refractivity contribution in [2.45, 2.75) is 44.6 Å². The maximum absolute atomic E-state index is 13.4. The van der Waals surface area contributed by atoms with Crippen molar-refractivity contribution in [2.24, 2.45) is 0 Å². The Balaban J connectivity index is 1.03. The number of esters is 1. The van der Waals surface area contributed by atoms with E-state index in [4.69, 9.17) is 4.74 Å². The fourth-order valence-corrected chi connectivity index (χ4v) is 5.60. The summed E-state index contributed by atoms with van der Waals surface area (Å²) < 4.78 is 6.86. The number of tetrazole rings is 1. The first-order chi connectivity index (χ1) is 17.5. The van der Waals surface area contributed by atoms with Crippen LogP contribution >= 0.6 is 0 Å². The predicted octanol–water partition coefficient (Wildman–Crippen LogP) is 1.58. The standard InChI is InChI=1S/C26H29N7O3/c1-17-12-20-13-18(2-4-21(20)26(35)36-17)6-7-31-8-10-32(11-9-31)25(34)22-5-3-19-14-24(27-15-23(19)22)33-16-28-29-30-33/h2,4,13-17,22H,3,5-12H2,1H3. The summed E-state index contributed by atoms with van der Waals surface area (Å²) in [6.07, 6.45) is 6.65. The molecular weight excluding hydrogens is 458 g/mol. The van der Waals surface area contributed by atoms with E-state index in [0.29, 0.717) is 11.4 Å². The maximum atomic E-state index is 13.4. The van der Waals surface area contributed by atoms with Gasteiger partial charge in [-0.25, -0.2) is 9.78 Å². The Morgan fingerprint density at radius 3 is 2.81 bits per heavy atom. The molecule has 0 saturated carbocycles. The Morgan fingerprint density at radius 1 is 1.14 bits per heavy atom. The van der Waals surface area contributed by atoms with Gasteiger partial charge in [0.25, 0.3) is 0 Å². The van der Waals surface area contributed by atoms with Crippen molar-refractivity contribution < 1.29 is 14.3 Å². The van der Waals surface area contributed by atoms with Gasteiger partial charge in [-0.1, -0.05) is 12.1 Å². The van der Waals surface area contributed by atoms with Crippen molar-refractivity contribution in [3.05, 3.63) is 64.6 Å². The molecule has 0 N–H and O–H groups in total. The first-order valence-electron chi connectivity index (χ1n) is 12.6. The highest BCUT2D eigenvalue weighted by atomic mass is 16.5. The van der Waals surface area contributed by atoms with Crippen LogP contribution in [0.25, 0.3) is 5.82 Å². The Kier molecular flexibility index (Phi) is 5.96. The number of cyclic esters (lactones) is 1. The lowest BCUT2D eigenvalue weighted by Crippen LogP contribution is -2.50. The molecule has 1 aromatic carbocycles. The van der Waals surface area contributed by atoms with Crippen molar-refractivity contribution in [1.82, 2.24) is 35.0 Å². The van der Waals surface area contributed by atoms with Crippen LogP contribution in [0.5, 0.6) is 0 Å². The molecular formula is C26H29N7O3. The second kappa shape index (κ2) is 9.42. The molecule has 1 fully saturated rings. The molecule has 2 atom stereocenters. The summed E-state index contributed by atoms with van der Waals surface area (Å²) >= 11 is 0. The lowest BCUT2D eigenvalue weighted by molar-refractivity contribution is -0.134. The topological polar surface area (TPSA) is 106 Å². The van der Waals surface area contributed by atoms with E-state index in [2.05, 4.69) is 31.5 Å². The molecule has 36 heavy (non-hydrogen) atoms. The van der Waals surface area contributed by atoms with Crippen molar-refractivity contribution in [3.63, 3.8) is 0 Å². The van der Waals surface area contributed by atoms with Gasteiger partial charge in [0.1, 0.15) is 12.4 Å². The van der Waals surface area contributed by atoms with Crippen molar-refractivity contribution in [1.29, 1.82) is 0 Å². The number of carbonyl (C=O) groups is 2. The number of piperazine rings is 1. The van der Waals surface area contributed by atoms with E-state index in [-0.39, 0.29) is 23.9 Å². The van der Waals surface area contributed by atoms with Crippen LogP contribution in [0.1, 0.15) is 51.9 Å². The zero-order valence-corrected chi connectivity index (χ0v) is 20.3. The van der Waals surface area contributed by atoms with E-state index >= 15 is 0 Å². The molecule has 186 valence electrons. The lowest BCUT2D eigenvalue weighted by atomic mass is 9.96. The van der Waals surface area contributed by atoms with Gasteiger partial charge in [-0.05, 0) is 71.0 Å². The summed E-state index contributed by atoms with van der Waals surface area (Å²) in [5.74, 6) is 0.547. The summed E-state index contributed by atoms with van der Waals surface area (Å²) in [6, 6.07) is 8.07. The van der Waals surface area contributed by atoms with Gasteiger partial charge in [-0.3, -0.25) is 9.69 Å². The Bertz CT molecular complexity index is 1280. The molecule has 3 aromatic rings. The number of fused-ring (bicyclic) bond motifs is 2. The molecule has 4 heterocycles. The van der Waals surface area contributed by atoms with Gasteiger partial charge in [-0.2, -0.15) is 4.68 Å². The smallest absolute Gasteiger partial charge is 0.338 e. The number of ether oxygens (including phenoxy) is 1. The predicted molar refractivity (Wildman–Crippen MR) is 130 cm³/mol. The quantitative estimate of drug-likeness (QED) is 0.500. The van der Waals surface area contributed by atoms with E-state index in [1.165, 1.54) is 16.6 Å². The Hall–Kier alpha value is -3.66. The molecule has 2 unspecified atom stereocenters. The average Bonchev–Trinajstić information content (AvgIpc) is 3.57. The number of carbonyl (C=O) groups excluding carboxylic acids is 2. The molecule has 10 heteroatoms. The second-order valence-electron chi connectivity index (χ2n) is 9.92. The van der Waals surface area contributed by atoms with Crippen LogP contribution in [0.3, 0.4) is 0 Å². The van der Waals surface area contributed by atoms with Gasteiger partial charge in [0.15, 0.2) is 5.82 Å². The number of hydrogen-bond acceptors (Lipinski definition) is 8. The minimum absolute atomic E-state index is 0.0680. The number of rotatable bonds is 5. The van der Waals surface area contributed by atoms with Crippen LogP contribution in [0.15, 0.2) is 36.8 Å². The molecule has 0 radical (unpaired) electrons. The van der Waals surface area contributed by atoms with E-state index in [9.17, 15) is 9.59 Å². The van der Waals surface area contributed by atoms with Crippen LogP contribution in [0.2, 0.25) is 0 Å². The molecule has 2 aromatic heterocycles. The average molecular weight is 488 g/mol. The van der Waals surface area contributed by atoms with Crippen molar-refractivity contribution >= 4 is 11.9 Å². The molecule has 1 saturated heterocycles. The molecule has 3 aliphatic rings. The van der Waals surface area contributed by atoms with E-state index in [1.807, 2.05) is 36.2 Å². The maximum Gasteiger partial charge on any atom is 0.338 e. The van der Waals surface area contributed by atoms with Crippen LogP contribution in [0.4, 0.5) is 0 Å². The third kappa shape index (κ3) is 4.37. The Labute approximate surface area is 209 Å².